The quantitative estimate of drug-likeness (QED) is 0.877. The SMILES string of the molecule is CCOC(=O)c1sc(NC(=O)c2cc(C)on2)cc1C. The minimum atomic E-state index is -0.382. The average molecular weight is 294 g/mol. The first-order valence-electron chi connectivity index (χ1n) is 6.03. The van der Waals surface area contributed by atoms with Crippen molar-refractivity contribution in [2.45, 2.75) is 20.8 Å². The molecule has 0 saturated carbocycles. The zero-order chi connectivity index (χ0) is 14.7. The molecule has 20 heavy (non-hydrogen) atoms. The molecular weight excluding hydrogens is 280 g/mol. The van der Waals surface area contributed by atoms with E-state index in [0.29, 0.717) is 22.2 Å². The molecule has 2 aromatic heterocycles. The van der Waals surface area contributed by atoms with Gasteiger partial charge in [-0.15, -0.1) is 11.3 Å². The molecule has 106 valence electrons. The molecule has 6 nitrogen and oxygen atoms in total. The van der Waals surface area contributed by atoms with Crippen LogP contribution >= 0.6 is 11.3 Å². The average Bonchev–Trinajstić information content (AvgIpc) is 2.96. The van der Waals surface area contributed by atoms with Crippen molar-refractivity contribution in [2.75, 3.05) is 11.9 Å². The molecule has 2 heterocycles. The summed E-state index contributed by atoms with van der Waals surface area (Å²) in [5.41, 5.74) is 0.964. The van der Waals surface area contributed by atoms with Gasteiger partial charge in [-0.1, -0.05) is 5.16 Å². The Morgan fingerprint density at radius 1 is 1.40 bits per heavy atom. The van der Waals surface area contributed by atoms with Gasteiger partial charge in [0.05, 0.1) is 11.6 Å². The van der Waals surface area contributed by atoms with Crippen LogP contribution in [0.3, 0.4) is 0 Å². The zero-order valence-electron chi connectivity index (χ0n) is 11.4. The lowest BCUT2D eigenvalue weighted by Crippen LogP contribution is -2.11. The Balaban J connectivity index is 2.12. The van der Waals surface area contributed by atoms with E-state index in [0.717, 1.165) is 5.56 Å². The fraction of sp³-hybridized carbons (Fsp3) is 0.308. The summed E-state index contributed by atoms with van der Waals surface area (Å²) in [5, 5.41) is 6.88. The first-order valence-corrected chi connectivity index (χ1v) is 6.85. The van der Waals surface area contributed by atoms with Gasteiger partial charge in [-0.3, -0.25) is 4.79 Å². The lowest BCUT2D eigenvalue weighted by atomic mass is 10.3. The van der Waals surface area contributed by atoms with Crippen molar-refractivity contribution >= 4 is 28.2 Å². The fourth-order valence-electron chi connectivity index (χ4n) is 1.59. The van der Waals surface area contributed by atoms with Gasteiger partial charge in [0.1, 0.15) is 10.6 Å². The maximum atomic E-state index is 11.9. The van der Waals surface area contributed by atoms with Crippen molar-refractivity contribution in [2.24, 2.45) is 0 Å². The number of hydrogen-bond donors (Lipinski definition) is 1. The summed E-state index contributed by atoms with van der Waals surface area (Å²) in [7, 11) is 0. The molecule has 0 radical (unpaired) electrons. The van der Waals surface area contributed by atoms with Crippen molar-refractivity contribution in [3.63, 3.8) is 0 Å². The third-order valence-electron chi connectivity index (χ3n) is 2.48. The predicted molar refractivity (Wildman–Crippen MR) is 74.2 cm³/mol. The Morgan fingerprint density at radius 3 is 2.75 bits per heavy atom. The summed E-state index contributed by atoms with van der Waals surface area (Å²) >= 11 is 1.17. The zero-order valence-corrected chi connectivity index (χ0v) is 12.2. The van der Waals surface area contributed by atoms with Crippen molar-refractivity contribution < 1.29 is 18.8 Å². The number of aromatic nitrogens is 1. The molecule has 0 unspecified atom stereocenters. The van der Waals surface area contributed by atoms with Gasteiger partial charge in [-0.25, -0.2) is 4.79 Å². The van der Waals surface area contributed by atoms with Gasteiger partial charge >= 0.3 is 5.97 Å². The lowest BCUT2D eigenvalue weighted by molar-refractivity contribution is 0.0531. The van der Waals surface area contributed by atoms with Gasteiger partial charge in [-0.05, 0) is 32.4 Å². The van der Waals surface area contributed by atoms with Crippen LogP contribution in [0.1, 0.15) is 38.4 Å². The third-order valence-corrected chi connectivity index (χ3v) is 3.61. The predicted octanol–water partition coefficient (Wildman–Crippen LogP) is 2.78. The number of nitrogens with one attached hydrogen (secondary N) is 1. The van der Waals surface area contributed by atoms with Crippen LogP contribution < -0.4 is 5.32 Å². The van der Waals surface area contributed by atoms with Crippen molar-refractivity contribution in [1.29, 1.82) is 0 Å². The van der Waals surface area contributed by atoms with E-state index in [-0.39, 0.29) is 17.6 Å². The highest BCUT2D eigenvalue weighted by molar-refractivity contribution is 7.18. The summed E-state index contributed by atoms with van der Waals surface area (Å²) in [6.07, 6.45) is 0. The second-order valence-electron chi connectivity index (χ2n) is 4.12. The highest BCUT2D eigenvalue weighted by Crippen LogP contribution is 2.27. The number of anilines is 1. The van der Waals surface area contributed by atoms with Gasteiger partial charge in [0.15, 0.2) is 5.69 Å². The highest BCUT2D eigenvalue weighted by Gasteiger charge is 2.17. The first-order chi connectivity index (χ1) is 9.51. The summed E-state index contributed by atoms with van der Waals surface area (Å²) in [6.45, 7) is 5.56. The Morgan fingerprint density at radius 2 is 2.15 bits per heavy atom. The number of hydrogen-bond acceptors (Lipinski definition) is 6. The largest absolute Gasteiger partial charge is 0.462 e. The summed E-state index contributed by atoms with van der Waals surface area (Å²) < 4.78 is 9.79. The molecule has 0 aromatic carbocycles. The monoisotopic (exact) mass is 294 g/mol. The van der Waals surface area contributed by atoms with E-state index in [2.05, 4.69) is 10.5 Å². The number of amides is 1. The van der Waals surface area contributed by atoms with Gasteiger partial charge < -0.3 is 14.6 Å². The number of aryl methyl sites for hydroxylation is 2. The highest BCUT2D eigenvalue weighted by atomic mass is 32.1. The van der Waals surface area contributed by atoms with Crippen LogP contribution in [-0.4, -0.2) is 23.6 Å². The summed E-state index contributed by atoms with van der Waals surface area (Å²) in [6, 6.07) is 3.27. The summed E-state index contributed by atoms with van der Waals surface area (Å²) in [5.74, 6) is -0.198. The minimum absolute atomic E-state index is 0.200. The molecule has 0 aliphatic carbocycles. The normalized spacial score (nSPS) is 10.3. The Bertz CT molecular complexity index is 645. The van der Waals surface area contributed by atoms with E-state index < -0.39 is 0 Å². The lowest BCUT2D eigenvalue weighted by Gasteiger charge is -1.99. The molecule has 0 bridgehead atoms. The van der Waals surface area contributed by atoms with Crippen molar-refractivity contribution in [3.05, 3.63) is 34.0 Å². The molecule has 0 fully saturated rings. The number of nitrogens with zero attached hydrogens (tertiary/aromatic N) is 1. The molecule has 0 aliphatic heterocycles. The molecule has 2 aromatic rings. The van der Waals surface area contributed by atoms with Crippen LogP contribution in [0, 0.1) is 13.8 Å². The molecule has 1 N–H and O–H groups in total. The van der Waals surface area contributed by atoms with E-state index in [1.807, 2.05) is 0 Å². The first kappa shape index (κ1) is 14.3. The molecule has 7 heteroatoms. The second kappa shape index (κ2) is 5.87. The van der Waals surface area contributed by atoms with E-state index in [4.69, 9.17) is 9.26 Å². The molecule has 0 aliphatic rings. The number of rotatable bonds is 4. The van der Waals surface area contributed by atoms with Crippen LogP contribution in [-0.2, 0) is 4.74 Å². The van der Waals surface area contributed by atoms with Crippen LogP contribution in [0.25, 0.3) is 0 Å². The molecule has 0 atom stereocenters. The van der Waals surface area contributed by atoms with Gasteiger partial charge in [0.2, 0.25) is 0 Å². The molecule has 0 saturated heterocycles. The minimum Gasteiger partial charge on any atom is -0.462 e. The second-order valence-corrected chi connectivity index (χ2v) is 5.17. The fourth-order valence-corrected chi connectivity index (χ4v) is 2.55. The van der Waals surface area contributed by atoms with Crippen molar-refractivity contribution in [3.8, 4) is 0 Å². The van der Waals surface area contributed by atoms with Gasteiger partial charge in [-0.2, -0.15) is 0 Å². The van der Waals surface area contributed by atoms with Crippen LogP contribution in [0.15, 0.2) is 16.7 Å². The maximum Gasteiger partial charge on any atom is 0.348 e. The van der Waals surface area contributed by atoms with E-state index in [9.17, 15) is 9.59 Å². The maximum absolute atomic E-state index is 11.9. The van der Waals surface area contributed by atoms with Gasteiger partial charge in [0.25, 0.3) is 5.91 Å². The Hall–Kier alpha value is -2.15. The smallest absolute Gasteiger partial charge is 0.348 e. The Labute approximate surface area is 119 Å². The Kier molecular flexibility index (Phi) is 4.19. The van der Waals surface area contributed by atoms with E-state index >= 15 is 0 Å². The number of carbonyl (C=O) groups excluding carboxylic acids is 2. The number of carbonyl (C=O) groups is 2. The standard InChI is InChI=1S/C13H14N2O4S/c1-4-18-13(17)11-7(2)5-10(20-11)14-12(16)9-6-8(3)19-15-9/h5-6H,4H2,1-3H3,(H,14,16). The van der Waals surface area contributed by atoms with E-state index in [1.165, 1.54) is 11.3 Å². The van der Waals surface area contributed by atoms with Crippen molar-refractivity contribution in [1.82, 2.24) is 5.16 Å². The number of thiophene rings is 1. The topological polar surface area (TPSA) is 81.4 Å². The van der Waals surface area contributed by atoms with Gasteiger partial charge in [0, 0.05) is 6.07 Å². The molecule has 2 rings (SSSR count). The number of esters is 1. The summed E-state index contributed by atoms with van der Waals surface area (Å²) in [4.78, 5) is 24.1. The van der Waals surface area contributed by atoms with Crippen LogP contribution in [0.4, 0.5) is 5.00 Å². The van der Waals surface area contributed by atoms with Crippen LogP contribution in [0.5, 0.6) is 0 Å². The van der Waals surface area contributed by atoms with Crippen LogP contribution in [0.2, 0.25) is 0 Å². The third kappa shape index (κ3) is 3.05. The molecular formula is C13H14N2O4S. The molecule has 1 amide bonds. The van der Waals surface area contributed by atoms with E-state index in [1.54, 1.807) is 32.9 Å². The number of ether oxygens (including phenoxy) is 1. The molecule has 0 spiro atoms.